The summed E-state index contributed by atoms with van der Waals surface area (Å²) in [5, 5.41) is 0. The largest absolute Gasteiger partial charge is 0.412 e. The molecule has 0 spiro atoms. The zero-order valence-electron chi connectivity index (χ0n) is 6.69. The highest BCUT2D eigenvalue weighted by Gasteiger charge is 2.48. The van der Waals surface area contributed by atoms with Crippen LogP contribution in [0.1, 0.15) is 6.42 Å². The molecule has 0 saturated heterocycles. The molecular formula is C6H3F9. The molecule has 0 aromatic carbocycles. The summed E-state index contributed by atoms with van der Waals surface area (Å²) in [6.07, 6.45) is -15.4. The third-order valence-electron chi connectivity index (χ3n) is 1.06. The minimum Gasteiger partial charge on any atom is -0.205 e. The Hall–Kier alpha value is -0.890. The Morgan fingerprint density at radius 3 is 1.53 bits per heavy atom. The second-order valence-electron chi connectivity index (χ2n) is 2.53. The minimum absolute atomic E-state index is 1.50. The van der Waals surface area contributed by atoms with E-state index < -0.39 is 36.6 Å². The molecule has 15 heavy (non-hydrogen) atoms. The van der Waals surface area contributed by atoms with E-state index in [-0.39, 0.29) is 0 Å². The second kappa shape index (κ2) is 3.93. The summed E-state index contributed by atoms with van der Waals surface area (Å²) in [5.41, 5.74) is 0. The predicted molar refractivity (Wildman–Crippen MR) is 30.9 cm³/mol. The average molecular weight is 246 g/mol. The first-order valence-electron chi connectivity index (χ1n) is 3.24. The van der Waals surface area contributed by atoms with Gasteiger partial charge < -0.3 is 0 Å². The van der Waals surface area contributed by atoms with E-state index in [1.165, 1.54) is 0 Å². The topological polar surface area (TPSA) is 0 Å². The monoisotopic (exact) mass is 246 g/mol. The van der Waals surface area contributed by atoms with Gasteiger partial charge in [0.2, 0.25) is 0 Å². The van der Waals surface area contributed by atoms with E-state index in [9.17, 15) is 39.5 Å². The Morgan fingerprint density at radius 1 is 0.867 bits per heavy atom. The highest BCUT2D eigenvalue weighted by Crippen LogP contribution is 2.38. The van der Waals surface area contributed by atoms with Crippen molar-refractivity contribution in [1.29, 1.82) is 0 Å². The van der Waals surface area contributed by atoms with Gasteiger partial charge in [-0.1, -0.05) is 0 Å². The van der Waals surface area contributed by atoms with Gasteiger partial charge in [0, 0.05) is 0 Å². The molecular weight excluding hydrogens is 243 g/mol. The summed E-state index contributed by atoms with van der Waals surface area (Å²) in [7, 11) is 0. The van der Waals surface area contributed by atoms with Gasteiger partial charge >= 0.3 is 18.3 Å². The quantitative estimate of drug-likeness (QED) is 0.646. The van der Waals surface area contributed by atoms with Crippen molar-refractivity contribution in [2.45, 2.75) is 24.7 Å². The standard InChI is InChI=1S/C6H3F9/c7-3(1-5(10,11)12)4(8,9)2-6(13,14)15/h1H,2H2/b3-1-. The summed E-state index contributed by atoms with van der Waals surface area (Å²) < 4.78 is 105. The van der Waals surface area contributed by atoms with Gasteiger partial charge in [0.25, 0.3) is 0 Å². The zero-order valence-corrected chi connectivity index (χ0v) is 6.69. The van der Waals surface area contributed by atoms with Crippen molar-refractivity contribution in [2.75, 3.05) is 0 Å². The maximum atomic E-state index is 12.2. The molecule has 0 aromatic heterocycles. The van der Waals surface area contributed by atoms with Crippen LogP contribution < -0.4 is 0 Å². The fraction of sp³-hybridized carbons (Fsp3) is 0.667. The minimum atomic E-state index is -5.46. The fourth-order valence-electron chi connectivity index (χ4n) is 0.585. The molecule has 90 valence electrons. The van der Waals surface area contributed by atoms with Crippen LogP contribution in [0.5, 0.6) is 0 Å². The van der Waals surface area contributed by atoms with Gasteiger partial charge in [0.15, 0.2) is 5.83 Å². The van der Waals surface area contributed by atoms with E-state index in [1.54, 1.807) is 0 Å². The molecule has 0 fully saturated rings. The summed E-state index contributed by atoms with van der Waals surface area (Å²) >= 11 is 0. The Labute approximate surface area is 77.4 Å². The SMILES string of the molecule is F/C(=C\C(F)(F)F)C(F)(F)CC(F)(F)F. The van der Waals surface area contributed by atoms with Gasteiger partial charge in [-0.3, -0.25) is 0 Å². The lowest BCUT2D eigenvalue weighted by atomic mass is 10.2. The van der Waals surface area contributed by atoms with Crippen LogP contribution in [0.4, 0.5) is 39.5 Å². The van der Waals surface area contributed by atoms with Crippen LogP contribution in [0.25, 0.3) is 0 Å². The molecule has 0 amide bonds. The second-order valence-corrected chi connectivity index (χ2v) is 2.53. The van der Waals surface area contributed by atoms with Gasteiger partial charge in [0.1, 0.15) is 6.42 Å². The van der Waals surface area contributed by atoms with Crippen LogP contribution in [0.15, 0.2) is 11.9 Å². The molecule has 0 radical (unpaired) electrons. The third-order valence-corrected chi connectivity index (χ3v) is 1.06. The number of rotatable bonds is 2. The summed E-state index contributed by atoms with van der Waals surface area (Å²) in [4.78, 5) is 0. The van der Waals surface area contributed by atoms with Crippen LogP contribution in [0, 0.1) is 0 Å². The summed E-state index contributed by atoms with van der Waals surface area (Å²) in [5.74, 6) is -8.36. The average Bonchev–Trinajstić information content (AvgIpc) is 1.75. The van der Waals surface area contributed by atoms with Crippen molar-refractivity contribution in [3.8, 4) is 0 Å². The van der Waals surface area contributed by atoms with Crippen molar-refractivity contribution in [1.82, 2.24) is 0 Å². The van der Waals surface area contributed by atoms with Crippen LogP contribution in [-0.2, 0) is 0 Å². The molecule has 0 nitrogen and oxygen atoms in total. The molecule has 0 saturated carbocycles. The normalized spacial score (nSPS) is 15.7. The lowest BCUT2D eigenvalue weighted by Gasteiger charge is -2.16. The smallest absolute Gasteiger partial charge is 0.205 e. The van der Waals surface area contributed by atoms with Gasteiger partial charge in [-0.2, -0.15) is 35.1 Å². The third kappa shape index (κ3) is 6.24. The molecule has 0 bridgehead atoms. The first-order valence-corrected chi connectivity index (χ1v) is 3.24. The molecule has 0 aliphatic heterocycles. The highest BCUT2D eigenvalue weighted by atomic mass is 19.4. The first-order chi connectivity index (χ1) is 6.33. The molecule has 0 atom stereocenters. The number of hydrogen-bond acceptors (Lipinski definition) is 0. The molecule has 0 rings (SSSR count). The van der Waals surface area contributed by atoms with Gasteiger partial charge in [-0.15, -0.1) is 0 Å². The van der Waals surface area contributed by atoms with Crippen molar-refractivity contribution in [3.05, 3.63) is 11.9 Å². The molecule has 0 N–H and O–H groups in total. The van der Waals surface area contributed by atoms with Crippen molar-refractivity contribution in [3.63, 3.8) is 0 Å². The van der Waals surface area contributed by atoms with Crippen LogP contribution in [-0.4, -0.2) is 18.3 Å². The Bertz CT molecular complexity index is 242. The van der Waals surface area contributed by atoms with E-state index in [0.29, 0.717) is 0 Å². The van der Waals surface area contributed by atoms with E-state index in [1.807, 2.05) is 0 Å². The molecule has 0 heterocycles. The Balaban J connectivity index is 4.82. The maximum absolute atomic E-state index is 12.2. The van der Waals surface area contributed by atoms with E-state index in [4.69, 9.17) is 0 Å². The molecule has 0 unspecified atom stereocenters. The molecule has 9 heteroatoms. The zero-order chi connectivity index (χ0) is 12.5. The Kier molecular flexibility index (Phi) is 3.70. The van der Waals surface area contributed by atoms with Crippen molar-refractivity contribution >= 4 is 0 Å². The van der Waals surface area contributed by atoms with Gasteiger partial charge in [-0.05, 0) is 0 Å². The maximum Gasteiger partial charge on any atom is 0.412 e. The summed E-state index contributed by atoms with van der Waals surface area (Å²) in [6.45, 7) is 0. The number of alkyl halides is 8. The van der Waals surface area contributed by atoms with Gasteiger partial charge in [0.05, 0.1) is 6.08 Å². The summed E-state index contributed by atoms with van der Waals surface area (Å²) in [6, 6.07) is 0. The number of allylic oxidation sites excluding steroid dienone is 2. The van der Waals surface area contributed by atoms with Crippen LogP contribution in [0.2, 0.25) is 0 Å². The predicted octanol–water partition coefficient (Wildman–Crippen LogP) is 3.99. The highest BCUT2D eigenvalue weighted by molar-refractivity contribution is 5.07. The lowest BCUT2D eigenvalue weighted by molar-refractivity contribution is -0.183. The van der Waals surface area contributed by atoms with Crippen LogP contribution >= 0.6 is 0 Å². The lowest BCUT2D eigenvalue weighted by Crippen LogP contribution is -2.27. The van der Waals surface area contributed by atoms with Crippen molar-refractivity contribution < 1.29 is 39.5 Å². The van der Waals surface area contributed by atoms with Crippen molar-refractivity contribution in [2.24, 2.45) is 0 Å². The van der Waals surface area contributed by atoms with E-state index in [0.717, 1.165) is 0 Å². The van der Waals surface area contributed by atoms with Crippen LogP contribution in [0.3, 0.4) is 0 Å². The Morgan fingerprint density at radius 2 is 1.27 bits per heavy atom. The molecule has 0 aromatic rings. The van der Waals surface area contributed by atoms with Gasteiger partial charge in [-0.25, -0.2) is 4.39 Å². The number of hydrogen-bond donors (Lipinski definition) is 0. The number of halogens is 9. The van der Waals surface area contributed by atoms with E-state index >= 15 is 0 Å². The first kappa shape index (κ1) is 14.1. The molecule has 0 aliphatic carbocycles. The fourth-order valence-corrected chi connectivity index (χ4v) is 0.585. The molecule has 0 aliphatic rings. The van der Waals surface area contributed by atoms with E-state index in [2.05, 4.69) is 0 Å².